The number of fused-ring (bicyclic) bond motifs is 1. The molecule has 0 spiro atoms. The molecule has 1 amide bonds. The van der Waals surface area contributed by atoms with E-state index in [1.165, 1.54) is 0 Å². The fraction of sp³-hybridized carbons (Fsp3) is 0.353. The monoisotopic (exact) mass is 313 g/mol. The van der Waals surface area contributed by atoms with Gasteiger partial charge in [-0.25, -0.2) is 4.98 Å². The maximum absolute atomic E-state index is 12.3. The van der Waals surface area contributed by atoms with E-state index in [2.05, 4.69) is 17.2 Å². The predicted molar refractivity (Wildman–Crippen MR) is 85.4 cm³/mol. The molecule has 23 heavy (non-hydrogen) atoms. The summed E-state index contributed by atoms with van der Waals surface area (Å²) >= 11 is 0. The zero-order valence-electron chi connectivity index (χ0n) is 13.0. The van der Waals surface area contributed by atoms with Gasteiger partial charge in [0.05, 0.1) is 6.42 Å². The van der Waals surface area contributed by atoms with Crippen molar-refractivity contribution in [2.75, 3.05) is 5.32 Å². The van der Waals surface area contributed by atoms with Gasteiger partial charge in [-0.15, -0.1) is 0 Å². The molecular formula is C17H19N3O3. The highest BCUT2D eigenvalue weighted by molar-refractivity contribution is 6.02. The molecule has 6 nitrogen and oxygen atoms in total. The maximum Gasteiger partial charge on any atom is 0.307 e. The Hall–Kier alpha value is -2.63. The summed E-state index contributed by atoms with van der Waals surface area (Å²) in [7, 11) is 0. The molecule has 1 aliphatic rings. The van der Waals surface area contributed by atoms with Crippen molar-refractivity contribution in [1.82, 2.24) is 9.55 Å². The van der Waals surface area contributed by atoms with Crippen LogP contribution in [0.15, 0.2) is 30.5 Å². The van der Waals surface area contributed by atoms with E-state index in [4.69, 9.17) is 5.11 Å². The van der Waals surface area contributed by atoms with Gasteiger partial charge in [0.1, 0.15) is 11.5 Å². The summed E-state index contributed by atoms with van der Waals surface area (Å²) in [4.78, 5) is 27.5. The average Bonchev–Trinajstić information content (AvgIpc) is 2.90. The van der Waals surface area contributed by atoms with E-state index in [0.717, 1.165) is 25.2 Å². The number of hydrogen-bond donors (Lipinski definition) is 2. The average molecular weight is 313 g/mol. The van der Waals surface area contributed by atoms with E-state index in [9.17, 15) is 9.59 Å². The number of benzene rings is 1. The number of rotatable bonds is 4. The molecule has 1 aromatic carbocycles. The number of hydrogen-bond acceptors (Lipinski definition) is 3. The van der Waals surface area contributed by atoms with Crippen LogP contribution >= 0.6 is 0 Å². The van der Waals surface area contributed by atoms with Crippen LogP contribution in [0.25, 0.3) is 0 Å². The lowest BCUT2D eigenvalue weighted by Crippen LogP contribution is -2.16. The van der Waals surface area contributed by atoms with Crippen molar-refractivity contribution in [2.24, 2.45) is 5.92 Å². The van der Waals surface area contributed by atoms with Gasteiger partial charge in [-0.1, -0.05) is 19.1 Å². The second kappa shape index (κ2) is 6.24. The molecule has 0 saturated carbocycles. The van der Waals surface area contributed by atoms with Crippen molar-refractivity contribution in [3.63, 3.8) is 0 Å². The number of carbonyl (C=O) groups excluding carboxylic acids is 1. The van der Waals surface area contributed by atoms with Crippen molar-refractivity contribution in [2.45, 2.75) is 32.7 Å². The molecule has 120 valence electrons. The first-order chi connectivity index (χ1) is 11.0. The Morgan fingerprint density at radius 3 is 3.04 bits per heavy atom. The molecule has 2 heterocycles. The van der Waals surface area contributed by atoms with Crippen LogP contribution in [-0.4, -0.2) is 26.5 Å². The standard InChI is InChI=1S/C17H19N3O3/c1-11-5-6-20-10-14(19-15(20)7-11)17(23)18-13-4-2-3-12(8-13)9-16(21)22/h2-4,8,10-11H,5-7,9H2,1H3,(H,18,23)(H,21,22). The van der Waals surface area contributed by atoms with Crippen molar-refractivity contribution in [3.05, 3.63) is 47.5 Å². The minimum absolute atomic E-state index is 0.0691. The molecule has 0 fully saturated rings. The number of nitrogens with one attached hydrogen (secondary N) is 1. The van der Waals surface area contributed by atoms with E-state index >= 15 is 0 Å². The van der Waals surface area contributed by atoms with Gasteiger partial charge in [0.25, 0.3) is 5.91 Å². The van der Waals surface area contributed by atoms with Gasteiger partial charge < -0.3 is 15.0 Å². The van der Waals surface area contributed by atoms with Crippen molar-refractivity contribution in [1.29, 1.82) is 0 Å². The van der Waals surface area contributed by atoms with Crippen LogP contribution < -0.4 is 5.32 Å². The summed E-state index contributed by atoms with van der Waals surface area (Å²) in [6.07, 6.45) is 3.71. The molecule has 6 heteroatoms. The number of nitrogens with zero attached hydrogens (tertiary/aromatic N) is 2. The van der Waals surface area contributed by atoms with Crippen LogP contribution in [0, 0.1) is 5.92 Å². The summed E-state index contributed by atoms with van der Waals surface area (Å²) in [6.45, 7) is 3.08. The quantitative estimate of drug-likeness (QED) is 0.907. The molecule has 2 N–H and O–H groups in total. The Kier molecular flexibility index (Phi) is 4.14. The molecule has 3 rings (SSSR count). The fourth-order valence-electron chi connectivity index (χ4n) is 2.82. The van der Waals surface area contributed by atoms with Gasteiger partial charge >= 0.3 is 5.97 Å². The number of aromatic nitrogens is 2. The second-order valence-electron chi connectivity index (χ2n) is 6.06. The predicted octanol–water partition coefficient (Wildman–Crippen LogP) is 2.34. The van der Waals surface area contributed by atoms with Crippen LogP contribution in [-0.2, 0) is 24.2 Å². The molecule has 1 aromatic heterocycles. The number of amides is 1. The third-order valence-electron chi connectivity index (χ3n) is 4.03. The SMILES string of the molecule is CC1CCn2cc(C(=O)Nc3cccc(CC(=O)O)c3)nc2C1. The maximum atomic E-state index is 12.3. The first-order valence-corrected chi connectivity index (χ1v) is 7.69. The lowest BCUT2D eigenvalue weighted by molar-refractivity contribution is -0.136. The van der Waals surface area contributed by atoms with Crippen LogP contribution in [0.4, 0.5) is 5.69 Å². The molecule has 0 bridgehead atoms. The Morgan fingerprint density at radius 1 is 1.43 bits per heavy atom. The van der Waals surface area contributed by atoms with Crippen molar-refractivity contribution in [3.8, 4) is 0 Å². The van der Waals surface area contributed by atoms with Gasteiger partial charge in [-0.05, 0) is 30.0 Å². The lowest BCUT2D eigenvalue weighted by Gasteiger charge is -2.18. The summed E-state index contributed by atoms with van der Waals surface area (Å²) in [5, 5.41) is 11.6. The Morgan fingerprint density at radius 2 is 2.26 bits per heavy atom. The van der Waals surface area contributed by atoms with Gasteiger partial charge in [0.2, 0.25) is 0 Å². The molecule has 0 radical (unpaired) electrons. The highest BCUT2D eigenvalue weighted by Gasteiger charge is 2.20. The van der Waals surface area contributed by atoms with Crippen molar-refractivity contribution < 1.29 is 14.7 Å². The normalized spacial score (nSPS) is 16.7. The van der Waals surface area contributed by atoms with Gasteiger partial charge in [0.15, 0.2) is 0 Å². The van der Waals surface area contributed by atoms with E-state index in [0.29, 0.717) is 22.9 Å². The van der Waals surface area contributed by atoms with Crippen LogP contribution in [0.3, 0.4) is 0 Å². The van der Waals surface area contributed by atoms with Crippen molar-refractivity contribution >= 4 is 17.6 Å². The molecule has 1 aliphatic heterocycles. The minimum atomic E-state index is -0.899. The number of imidazole rings is 1. The van der Waals surface area contributed by atoms with E-state index in [1.807, 2.05) is 4.57 Å². The number of aryl methyl sites for hydroxylation is 1. The highest BCUT2D eigenvalue weighted by Crippen LogP contribution is 2.20. The fourth-order valence-corrected chi connectivity index (χ4v) is 2.82. The van der Waals surface area contributed by atoms with Gasteiger partial charge in [-0.3, -0.25) is 9.59 Å². The largest absolute Gasteiger partial charge is 0.481 e. The molecule has 0 aliphatic carbocycles. The summed E-state index contributed by atoms with van der Waals surface area (Å²) < 4.78 is 2.04. The molecule has 1 unspecified atom stereocenters. The Labute approximate surface area is 134 Å². The number of aliphatic carboxylic acids is 1. The lowest BCUT2D eigenvalue weighted by atomic mass is 10.0. The van der Waals surface area contributed by atoms with Gasteiger partial charge in [-0.2, -0.15) is 0 Å². The molecular weight excluding hydrogens is 294 g/mol. The third kappa shape index (κ3) is 3.59. The summed E-state index contributed by atoms with van der Waals surface area (Å²) in [6, 6.07) is 6.86. The van der Waals surface area contributed by atoms with Crippen LogP contribution in [0.2, 0.25) is 0 Å². The zero-order valence-corrected chi connectivity index (χ0v) is 13.0. The smallest absolute Gasteiger partial charge is 0.307 e. The minimum Gasteiger partial charge on any atom is -0.481 e. The zero-order chi connectivity index (χ0) is 16.4. The summed E-state index contributed by atoms with van der Waals surface area (Å²) in [5.41, 5.74) is 1.62. The number of anilines is 1. The molecule has 0 saturated heterocycles. The number of carboxylic acids is 1. The first-order valence-electron chi connectivity index (χ1n) is 7.69. The third-order valence-corrected chi connectivity index (χ3v) is 4.03. The first kappa shape index (κ1) is 15.3. The van der Waals surface area contributed by atoms with Gasteiger partial charge in [0, 0.05) is 24.8 Å². The molecule has 2 aromatic rings. The van der Waals surface area contributed by atoms with E-state index in [1.54, 1.807) is 30.5 Å². The highest BCUT2D eigenvalue weighted by atomic mass is 16.4. The van der Waals surface area contributed by atoms with Crippen LogP contribution in [0.1, 0.15) is 35.2 Å². The van der Waals surface area contributed by atoms with E-state index in [-0.39, 0.29) is 12.3 Å². The summed E-state index contributed by atoms with van der Waals surface area (Å²) in [5.74, 6) is 0.374. The second-order valence-corrected chi connectivity index (χ2v) is 6.06. The van der Waals surface area contributed by atoms with E-state index < -0.39 is 5.97 Å². The number of carbonyl (C=O) groups is 2. The Bertz CT molecular complexity index is 751. The Balaban J connectivity index is 1.73. The topological polar surface area (TPSA) is 84.2 Å². The molecule has 1 atom stereocenters. The van der Waals surface area contributed by atoms with Crippen LogP contribution in [0.5, 0.6) is 0 Å². The number of carboxylic acid groups (broad SMARTS) is 1.